The van der Waals surface area contributed by atoms with Crippen molar-refractivity contribution >= 4 is 36.5 Å². The third kappa shape index (κ3) is 5.99. The van der Waals surface area contributed by atoms with Crippen LogP contribution in [0.1, 0.15) is 37.7 Å². The Bertz CT molecular complexity index is 447. The number of rotatable bonds is 6. The van der Waals surface area contributed by atoms with Gasteiger partial charge in [0, 0.05) is 19.3 Å². The lowest BCUT2D eigenvalue weighted by atomic mass is 9.98. The van der Waals surface area contributed by atoms with E-state index < -0.39 is 5.54 Å². The first kappa shape index (κ1) is 21.0. The van der Waals surface area contributed by atoms with E-state index in [0.717, 1.165) is 50.0 Å². The van der Waals surface area contributed by atoms with E-state index in [2.05, 4.69) is 15.6 Å². The Morgan fingerprint density at radius 1 is 1.27 bits per heavy atom. The molecule has 1 aromatic rings. The van der Waals surface area contributed by atoms with Gasteiger partial charge in [-0.25, -0.2) is 4.98 Å². The summed E-state index contributed by atoms with van der Waals surface area (Å²) in [6.07, 6.45) is 6.43. The number of nitrogens with two attached hydrogens (primary N) is 1. The van der Waals surface area contributed by atoms with Gasteiger partial charge in [0.15, 0.2) is 0 Å². The maximum absolute atomic E-state index is 12.0. The first-order chi connectivity index (χ1) is 9.60. The van der Waals surface area contributed by atoms with Crippen LogP contribution >= 0.6 is 24.8 Å². The molecule has 0 bridgehead atoms. The van der Waals surface area contributed by atoms with Crippen LogP contribution in [0.15, 0.2) is 18.3 Å². The van der Waals surface area contributed by atoms with Crippen LogP contribution in [-0.2, 0) is 4.79 Å². The van der Waals surface area contributed by atoms with E-state index >= 15 is 0 Å². The van der Waals surface area contributed by atoms with E-state index in [0.29, 0.717) is 6.54 Å². The first-order valence-corrected chi connectivity index (χ1v) is 7.34. The molecule has 1 fully saturated rings. The average molecular weight is 349 g/mol. The summed E-state index contributed by atoms with van der Waals surface area (Å²) in [6, 6.07) is 3.98. The van der Waals surface area contributed by atoms with Gasteiger partial charge in [-0.05, 0) is 37.8 Å². The SMILES string of the molecule is Cc1ccc(NCCCNC(=O)C2(N)CCCC2)nc1.Cl.Cl. The second-order valence-corrected chi connectivity index (χ2v) is 5.62. The van der Waals surface area contributed by atoms with Gasteiger partial charge in [0.25, 0.3) is 0 Å². The molecule has 0 aromatic carbocycles. The monoisotopic (exact) mass is 348 g/mol. The number of aromatic nitrogens is 1. The number of amides is 1. The number of hydrogen-bond donors (Lipinski definition) is 3. The van der Waals surface area contributed by atoms with Crippen molar-refractivity contribution in [3.8, 4) is 0 Å². The third-order valence-corrected chi connectivity index (χ3v) is 3.80. The van der Waals surface area contributed by atoms with E-state index in [9.17, 15) is 4.79 Å². The zero-order valence-corrected chi connectivity index (χ0v) is 14.6. The second kappa shape index (κ2) is 9.87. The van der Waals surface area contributed by atoms with Crippen molar-refractivity contribution in [2.45, 2.75) is 44.6 Å². The fourth-order valence-corrected chi connectivity index (χ4v) is 2.49. The number of hydrogen-bond acceptors (Lipinski definition) is 4. The molecule has 22 heavy (non-hydrogen) atoms. The van der Waals surface area contributed by atoms with Gasteiger partial charge in [0.2, 0.25) is 5.91 Å². The zero-order chi connectivity index (χ0) is 14.4. The summed E-state index contributed by atoms with van der Waals surface area (Å²) in [4.78, 5) is 16.2. The number of nitrogens with zero attached hydrogens (tertiary/aromatic N) is 1. The van der Waals surface area contributed by atoms with Crippen molar-refractivity contribution < 1.29 is 4.79 Å². The Morgan fingerprint density at radius 2 is 1.95 bits per heavy atom. The molecule has 1 heterocycles. The first-order valence-electron chi connectivity index (χ1n) is 7.34. The van der Waals surface area contributed by atoms with Gasteiger partial charge < -0.3 is 16.4 Å². The predicted octanol–water partition coefficient (Wildman–Crippen LogP) is 2.42. The molecule has 1 aliphatic rings. The third-order valence-electron chi connectivity index (χ3n) is 3.80. The van der Waals surface area contributed by atoms with Gasteiger partial charge >= 0.3 is 0 Å². The predicted molar refractivity (Wildman–Crippen MR) is 95.0 cm³/mol. The number of pyridine rings is 1. The van der Waals surface area contributed by atoms with Crippen LogP contribution in [0.3, 0.4) is 0 Å². The van der Waals surface area contributed by atoms with Crippen molar-refractivity contribution in [3.05, 3.63) is 23.9 Å². The van der Waals surface area contributed by atoms with Crippen molar-refractivity contribution in [1.82, 2.24) is 10.3 Å². The summed E-state index contributed by atoms with van der Waals surface area (Å²) in [5.74, 6) is 0.872. The van der Waals surface area contributed by atoms with Gasteiger partial charge in [-0.15, -0.1) is 24.8 Å². The fourth-order valence-electron chi connectivity index (χ4n) is 2.49. The Hall–Kier alpha value is -1.04. The number of carbonyl (C=O) groups is 1. The van der Waals surface area contributed by atoms with Crippen LogP contribution in [0.5, 0.6) is 0 Å². The number of carbonyl (C=O) groups excluding carboxylic acids is 1. The van der Waals surface area contributed by atoms with E-state index in [1.807, 2.05) is 25.3 Å². The maximum atomic E-state index is 12.0. The van der Waals surface area contributed by atoms with Gasteiger partial charge in [0.1, 0.15) is 5.82 Å². The number of aryl methyl sites for hydroxylation is 1. The van der Waals surface area contributed by atoms with E-state index in [4.69, 9.17) is 5.73 Å². The summed E-state index contributed by atoms with van der Waals surface area (Å²) in [7, 11) is 0. The summed E-state index contributed by atoms with van der Waals surface area (Å²) in [6.45, 7) is 3.45. The topological polar surface area (TPSA) is 80.0 Å². The summed E-state index contributed by atoms with van der Waals surface area (Å²) in [5, 5.41) is 6.17. The minimum atomic E-state index is -0.619. The largest absolute Gasteiger partial charge is 0.370 e. The molecule has 0 unspecified atom stereocenters. The highest BCUT2D eigenvalue weighted by Gasteiger charge is 2.36. The quantitative estimate of drug-likeness (QED) is 0.689. The smallest absolute Gasteiger partial charge is 0.240 e. The fraction of sp³-hybridized carbons (Fsp3) is 0.600. The van der Waals surface area contributed by atoms with Gasteiger partial charge in [-0.3, -0.25) is 4.79 Å². The van der Waals surface area contributed by atoms with Crippen molar-refractivity contribution in [2.75, 3.05) is 18.4 Å². The van der Waals surface area contributed by atoms with Crippen molar-refractivity contribution in [2.24, 2.45) is 5.73 Å². The van der Waals surface area contributed by atoms with E-state index in [1.165, 1.54) is 0 Å². The number of anilines is 1. The molecular weight excluding hydrogens is 323 g/mol. The van der Waals surface area contributed by atoms with Gasteiger partial charge in [0.05, 0.1) is 5.54 Å². The van der Waals surface area contributed by atoms with E-state index in [1.54, 1.807) is 0 Å². The van der Waals surface area contributed by atoms with Crippen LogP contribution in [-0.4, -0.2) is 29.5 Å². The molecular formula is C15H26Cl2N4O. The zero-order valence-electron chi connectivity index (χ0n) is 12.9. The molecule has 5 nitrogen and oxygen atoms in total. The molecule has 1 aliphatic carbocycles. The van der Waals surface area contributed by atoms with Crippen LogP contribution in [0.2, 0.25) is 0 Å². The molecule has 0 atom stereocenters. The van der Waals surface area contributed by atoms with Crippen LogP contribution in [0.25, 0.3) is 0 Å². The Balaban J connectivity index is 0.00000220. The lowest BCUT2D eigenvalue weighted by molar-refractivity contribution is -0.126. The highest BCUT2D eigenvalue weighted by Crippen LogP contribution is 2.27. The van der Waals surface area contributed by atoms with Crippen molar-refractivity contribution in [3.63, 3.8) is 0 Å². The Labute approximate surface area is 144 Å². The maximum Gasteiger partial charge on any atom is 0.240 e. The van der Waals surface area contributed by atoms with Crippen LogP contribution in [0, 0.1) is 6.92 Å². The lowest BCUT2D eigenvalue weighted by Gasteiger charge is -2.22. The number of halogens is 2. The average Bonchev–Trinajstić information content (AvgIpc) is 2.88. The highest BCUT2D eigenvalue weighted by molar-refractivity contribution is 5.86. The Morgan fingerprint density at radius 3 is 2.55 bits per heavy atom. The molecule has 1 aromatic heterocycles. The van der Waals surface area contributed by atoms with Gasteiger partial charge in [-0.1, -0.05) is 18.9 Å². The standard InChI is InChI=1S/C15H24N4O.2ClH/c1-12-5-6-13(19-11-12)17-9-4-10-18-14(20)15(16)7-2-3-8-15;;/h5-6,11H,2-4,7-10,16H2,1H3,(H,17,19)(H,18,20);2*1H. The normalized spacial score (nSPS) is 15.4. The summed E-state index contributed by atoms with van der Waals surface area (Å²) < 4.78 is 0. The Kier molecular flexibility index (Phi) is 9.41. The molecule has 4 N–H and O–H groups in total. The lowest BCUT2D eigenvalue weighted by Crippen LogP contribution is -2.52. The molecule has 0 radical (unpaired) electrons. The second-order valence-electron chi connectivity index (χ2n) is 5.62. The molecule has 1 saturated carbocycles. The molecule has 0 spiro atoms. The molecule has 2 rings (SSSR count). The molecule has 7 heteroatoms. The highest BCUT2D eigenvalue weighted by atomic mass is 35.5. The minimum Gasteiger partial charge on any atom is -0.370 e. The number of nitrogens with one attached hydrogen (secondary N) is 2. The van der Waals surface area contributed by atoms with Gasteiger partial charge in [-0.2, -0.15) is 0 Å². The molecule has 0 aliphatic heterocycles. The summed E-state index contributed by atoms with van der Waals surface area (Å²) >= 11 is 0. The van der Waals surface area contributed by atoms with Crippen LogP contribution in [0.4, 0.5) is 5.82 Å². The minimum absolute atomic E-state index is 0. The van der Waals surface area contributed by atoms with Crippen molar-refractivity contribution in [1.29, 1.82) is 0 Å². The molecule has 1 amide bonds. The van der Waals surface area contributed by atoms with Crippen LogP contribution < -0.4 is 16.4 Å². The molecule has 126 valence electrons. The summed E-state index contributed by atoms with van der Waals surface area (Å²) in [5.41, 5.74) is 6.61. The van der Waals surface area contributed by atoms with E-state index in [-0.39, 0.29) is 30.7 Å². The molecule has 0 saturated heterocycles.